The number of hydrogen-bond donors (Lipinski definition) is 3. The van der Waals surface area contributed by atoms with E-state index >= 15 is 0 Å². The van der Waals surface area contributed by atoms with Crippen LogP contribution in [0.15, 0.2) is 42.5 Å². The van der Waals surface area contributed by atoms with Gasteiger partial charge in [0.1, 0.15) is 24.6 Å². The fourth-order valence-corrected chi connectivity index (χ4v) is 2.34. The zero-order valence-electron chi connectivity index (χ0n) is 13.6. The highest BCUT2D eigenvalue weighted by molar-refractivity contribution is 6.31. The van der Waals surface area contributed by atoms with Gasteiger partial charge in [0.2, 0.25) is 0 Å². The molecule has 2 atom stereocenters. The largest absolute Gasteiger partial charge is 0.445 e. The maximum absolute atomic E-state index is 13.9. The lowest BCUT2D eigenvalue weighted by Gasteiger charge is -2.19. The van der Waals surface area contributed by atoms with Gasteiger partial charge in [0.25, 0.3) is 0 Å². The van der Waals surface area contributed by atoms with Crippen LogP contribution < -0.4 is 5.32 Å². The number of rotatable bonds is 6. The number of hydrogen-bond acceptors (Lipinski definition) is 4. The molecule has 2 rings (SSSR count). The molecule has 0 saturated heterocycles. The first-order valence-electron chi connectivity index (χ1n) is 7.64. The van der Waals surface area contributed by atoms with Crippen molar-refractivity contribution in [2.45, 2.75) is 25.7 Å². The summed E-state index contributed by atoms with van der Waals surface area (Å²) < 4.78 is 18.9. The van der Waals surface area contributed by atoms with Crippen LogP contribution in [0.3, 0.4) is 0 Å². The molecule has 5 nitrogen and oxygen atoms in total. The molecule has 0 aliphatic heterocycles. The van der Waals surface area contributed by atoms with Crippen molar-refractivity contribution < 1.29 is 24.1 Å². The van der Waals surface area contributed by atoms with Crippen molar-refractivity contribution in [2.75, 3.05) is 6.54 Å². The van der Waals surface area contributed by atoms with Gasteiger partial charge in [-0.2, -0.15) is 0 Å². The number of aliphatic hydroxyl groups is 2. The third kappa shape index (κ3) is 5.42. The second kappa shape index (κ2) is 8.80. The number of carbonyl (C=O) groups is 1. The molecule has 0 spiro atoms. The normalized spacial score (nSPS) is 13.2. The lowest BCUT2D eigenvalue weighted by Crippen LogP contribution is -2.36. The number of aliphatic hydroxyl groups excluding tert-OH is 2. The minimum Gasteiger partial charge on any atom is -0.445 e. The zero-order chi connectivity index (χ0) is 18.4. The monoisotopic (exact) mass is 367 g/mol. The molecule has 2 aromatic carbocycles. The standard InChI is InChI=1S/C18H19ClFNO4/c1-11-7-15(20)13(8-14(11)19)17(23)16(22)9-21-18(24)25-10-12-5-3-2-4-6-12/h2-8,16-17,22-23H,9-10H2,1H3,(H,21,24). The van der Waals surface area contributed by atoms with Crippen LogP contribution in [0, 0.1) is 12.7 Å². The van der Waals surface area contributed by atoms with Crippen LogP contribution in [0.2, 0.25) is 5.02 Å². The molecule has 1 amide bonds. The molecule has 2 aromatic rings. The van der Waals surface area contributed by atoms with Gasteiger partial charge in [0.05, 0.1) is 0 Å². The molecule has 0 aliphatic rings. The van der Waals surface area contributed by atoms with E-state index in [1.54, 1.807) is 19.1 Å². The number of ether oxygens (including phenoxy) is 1. The van der Waals surface area contributed by atoms with Gasteiger partial charge >= 0.3 is 6.09 Å². The highest BCUT2D eigenvalue weighted by atomic mass is 35.5. The Kier molecular flexibility index (Phi) is 6.75. The quantitative estimate of drug-likeness (QED) is 0.733. The summed E-state index contributed by atoms with van der Waals surface area (Å²) in [5.41, 5.74) is 1.20. The van der Waals surface area contributed by atoms with Crippen molar-refractivity contribution >= 4 is 17.7 Å². The summed E-state index contributed by atoms with van der Waals surface area (Å²) in [6.45, 7) is 1.40. The van der Waals surface area contributed by atoms with Gasteiger partial charge in [-0.15, -0.1) is 0 Å². The van der Waals surface area contributed by atoms with E-state index in [2.05, 4.69) is 5.32 Å². The Hall–Kier alpha value is -2.15. The van der Waals surface area contributed by atoms with Gasteiger partial charge in [-0.25, -0.2) is 9.18 Å². The molecule has 0 aliphatic carbocycles. The first kappa shape index (κ1) is 19.2. The number of carbonyl (C=O) groups excluding carboxylic acids is 1. The molecular formula is C18H19ClFNO4. The first-order chi connectivity index (χ1) is 11.9. The average molecular weight is 368 g/mol. The Balaban J connectivity index is 1.86. The highest BCUT2D eigenvalue weighted by Crippen LogP contribution is 2.26. The number of amides is 1. The summed E-state index contributed by atoms with van der Waals surface area (Å²) in [6, 6.07) is 11.5. The van der Waals surface area contributed by atoms with Crippen LogP contribution in [0.4, 0.5) is 9.18 Å². The van der Waals surface area contributed by atoms with Gasteiger partial charge in [0, 0.05) is 17.1 Å². The molecule has 25 heavy (non-hydrogen) atoms. The summed E-state index contributed by atoms with van der Waals surface area (Å²) >= 11 is 5.91. The van der Waals surface area contributed by atoms with Crippen molar-refractivity contribution in [3.05, 3.63) is 70.0 Å². The predicted octanol–water partition coefficient (Wildman–Crippen LogP) is 3.11. The number of alkyl carbamates (subject to hydrolysis) is 1. The van der Waals surface area contributed by atoms with Crippen LogP contribution in [0.1, 0.15) is 22.8 Å². The molecule has 0 heterocycles. The zero-order valence-corrected chi connectivity index (χ0v) is 14.3. The summed E-state index contributed by atoms with van der Waals surface area (Å²) in [6.07, 6.45) is -3.71. The minimum atomic E-state index is -1.53. The van der Waals surface area contributed by atoms with Crippen molar-refractivity contribution in [3.63, 3.8) is 0 Å². The van der Waals surface area contributed by atoms with E-state index in [-0.39, 0.29) is 23.7 Å². The Morgan fingerprint density at radius 1 is 1.28 bits per heavy atom. The van der Waals surface area contributed by atoms with Gasteiger partial charge in [-0.05, 0) is 30.2 Å². The van der Waals surface area contributed by atoms with E-state index in [4.69, 9.17) is 16.3 Å². The first-order valence-corrected chi connectivity index (χ1v) is 8.02. The van der Waals surface area contributed by atoms with Crippen LogP contribution in [-0.4, -0.2) is 29.0 Å². The molecule has 0 fully saturated rings. The molecule has 2 unspecified atom stereocenters. The van der Waals surface area contributed by atoms with E-state index < -0.39 is 24.1 Å². The minimum absolute atomic E-state index is 0.0769. The number of benzene rings is 2. The third-order valence-electron chi connectivity index (χ3n) is 3.63. The fraction of sp³-hybridized carbons (Fsp3) is 0.278. The van der Waals surface area contributed by atoms with Gasteiger partial charge in [-0.1, -0.05) is 41.9 Å². The molecule has 7 heteroatoms. The second-order valence-corrected chi connectivity index (χ2v) is 5.98. The third-order valence-corrected chi connectivity index (χ3v) is 4.04. The van der Waals surface area contributed by atoms with Crippen molar-refractivity contribution in [1.82, 2.24) is 5.32 Å². The van der Waals surface area contributed by atoms with Crippen LogP contribution in [0.5, 0.6) is 0 Å². The Bertz CT molecular complexity index is 727. The van der Waals surface area contributed by atoms with E-state index in [1.165, 1.54) is 12.1 Å². The maximum Gasteiger partial charge on any atom is 0.407 e. The molecule has 3 N–H and O–H groups in total. The lowest BCUT2D eigenvalue weighted by atomic mass is 10.0. The predicted molar refractivity (Wildman–Crippen MR) is 91.7 cm³/mol. The van der Waals surface area contributed by atoms with Gasteiger partial charge < -0.3 is 20.3 Å². The summed E-state index contributed by atoms with van der Waals surface area (Å²) in [7, 11) is 0. The van der Waals surface area contributed by atoms with Crippen molar-refractivity contribution in [2.24, 2.45) is 0 Å². The number of aryl methyl sites for hydroxylation is 1. The van der Waals surface area contributed by atoms with E-state index in [1.807, 2.05) is 18.2 Å². The van der Waals surface area contributed by atoms with E-state index in [9.17, 15) is 19.4 Å². The molecule has 0 aromatic heterocycles. The Morgan fingerprint density at radius 2 is 1.96 bits per heavy atom. The molecule has 0 radical (unpaired) electrons. The van der Waals surface area contributed by atoms with E-state index in [0.29, 0.717) is 5.56 Å². The Labute approximate surface area is 150 Å². The fourth-order valence-electron chi connectivity index (χ4n) is 2.17. The van der Waals surface area contributed by atoms with Gasteiger partial charge in [-0.3, -0.25) is 0 Å². The van der Waals surface area contributed by atoms with Crippen molar-refractivity contribution in [1.29, 1.82) is 0 Å². The second-order valence-electron chi connectivity index (χ2n) is 5.58. The molecule has 0 bridgehead atoms. The summed E-state index contributed by atoms with van der Waals surface area (Å²) in [5, 5.41) is 22.6. The van der Waals surface area contributed by atoms with Gasteiger partial charge in [0.15, 0.2) is 0 Å². The van der Waals surface area contributed by atoms with Crippen LogP contribution in [-0.2, 0) is 11.3 Å². The highest BCUT2D eigenvalue weighted by Gasteiger charge is 2.23. The SMILES string of the molecule is Cc1cc(F)c(C(O)C(O)CNC(=O)OCc2ccccc2)cc1Cl. The summed E-state index contributed by atoms with van der Waals surface area (Å²) in [4.78, 5) is 11.6. The molecule has 134 valence electrons. The number of halogens is 2. The van der Waals surface area contributed by atoms with Crippen LogP contribution in [0.25, 0.3) is 0 Å². The Morgan fingerprint density at radius 3 is 2.64 bits per heavy atom. The number of nitrogens with one attached hydrogen (secondary N) is 1. The smallest absolute Gasteiger partial charge is 0.407 e. The van der Waals surface area contributed by atoms with E-state index in [0.717, 1.165) is 5.56 Å². The lowest BCUT2D eigenvalue weighted by molar-refractivity contribution is 0.0164. The average Bonchev–Trinajstić information content (AvgIpc) is 2.61. The van der Waals surface area contributed by atoms with Crippen LogP contribution >= 0.6 is 11.6 Å². The topological polar surface area (TPSA) is 78.8 Å². The maximum atomic E-state index is 13.9. The van der Waals surface area contributed by atoms with Crippen molar-refractivity contribution in [3.8, 4) is 0 Å². The molecule has 0 saturated carbocycles. The summed E-state index contributed by atoms with van der Waals surface area (Å²) in [5.74, 6) is -0.680. The molecular weight excluding hydrogens is 349 g/mol.